The summed E-state index contributed by atoms with van der Waals surface area (Å²) in [7, 11) is 1.25. The average molecular weight is 310 g/mol. The second-order valence-electron chi connectivity index (χ2n) is 5.15. The van der Waals surface area contributed by atoms with Crippen molar-refractivity contribution in [1.29, 1.82) is 0 Å². The van der Waals surface area contributed by atoms with Crippen molar-refractivity contribution in [2.24, 2.45) is 0 Å². The average Bonchev–Trinajstić information content (AvgIpc) is 2.56. The Labute approximate surface area is 135 Å². The molecule has 0 heterocycles. The van der Waals surface area contributed by atoms with Crippen molar-refractivity contribution in [2.75, 3.05) is 7.11 Å². The molecular weight excluding hydrogens is 292 g/mol. The molecular formula is C19H18O4. The Morgan fingerprint density at radius 2 is 1.52 bits per heavy atom. The predicted octanol–water partition coefficient (Wildman–Crippen LogP) is 3.44. The van der Waals surface area contributed by atoms with Gasteiger partial charge in [-0.25, -0.2) is 4.79 Å². The summed E-state index contributed by atoms with van der Waals surface area (Å²) < 4.78 is 4.80. The zero-order valence-electron chi connectivity index (χ0n) is 13.1. The minimum atomic E-state index is -1.08. The Balaban J connectivity index is 2.72. The van der Waals surface area contributed by atoms with E-state index in [2.05, 4.69) is 0 Å². The second kappa shape index (κ2) is 7.40. The Morgan fingerprint density at radius 1 is 0.957 bits per heavy atom. The topological polar surface area (TPSA) is 63.6 Å². The molecule has 0 aliphatic rings. The van der Waals surface area contributed by atoms with Crippen LogP contribution in [0, 0.1) is 6.92 Å². The molecule has 4 heteroatoms. The van der Waals surface area contributed by atoms with E-state index in [1.54, 1.807) is 0 Å². The van der Waals surface area contributed by atoms with Gasteiger partial charge in [0.2, 0.25) is 0 Å². The Hall–Kier alpha value is -2.88. The molecule has 0 aliphatic heterocycles. The summed E-state index contributed by atoms with van der Waals surface area (Å²) in [4.78, 5) is 23.4. The lowest BCUT2D eigenvalue weighted by Crippen LogP contribution is -2.12. The first-order chi connectivity index (χ1) is 11.0. The number of carboxylic acids is 1. The lowest BCUT2D eigenvalue weighted by Gasteiger charge is -2.14. The van der Waals surface area contributed by atoms with E-state index in [-0.39, 0.29) is 5.57 Å². The summed E-state index contributed by atoms with van der Waals surface area (Å²) in [6, 6.07) is 16.9. The fourth-order valence-corrected chi connectivity index (χ4v) is 2.38. The molecule has 0 saturated heterocycles. The maximum Gasteiger partial charge on any atom is 0.334 e. The highest BCUT2D eigenvalue weighted by atomic mass is 16.5. The SMILES string of the molecule is COC(=O)/C(CC(=O)O)=C(/c1ccccc1)c1ccc(C)cc1. The van der Waals surface area contributed by atoms with Crippen molar-refractivity contribution in [1.82, 2.24) is 0 Å². The predicted molar refractivity (Wildman–Crippen MR) is 87.9 cm³/mol. The van der Waals surface area contributed by atoms with Crippen LogP contribution in [-0.4, -0.2) is 24.2 Å². The van der Waals surface area contributed by atoms with Crippen LogP contribution in [0.2, 0.25) is 0 Å². The van der Waals surface area contributed by atoms with E-state index in [1.807, 2.05) is 61.5 Å². The van der Waals surface area contributed by atoms with Gasteiger partial charge in [0, 0.05) is 0 Å². The zero-order valence-corrected chi connectivity index (χ0v) is 13.1. The quantitative estimate of drug-likeness (QED) is 0.678. The molecule has 1 N–H and O–H groups in total. The largest absolute Gasteiger partial charge is 0.481 e. The van der Waals surface area contributed by atoms with Gasteiger partial charge >= 0.3 is 11.9 Å². The summed E-state index contributed by atoms with van der Waals surface area (Å²) in [5.74, 6) is -1.71. The van der Waals surface area contributed by atoms with E-state index in [1.165, 1.54) is 7.11 Å². The summed E-state index contributed by atoms with van der Waals surface area (Å²) >= 11 is 0. The number of hydrogen-bond donors (Lipinski definition) is 1. The van der Waals surface area contributed by atoms with Crippen LogP contribution in [0.1, 0.15) is 23.1 Å². The third-order valence-electron chi connectivity index (χ3n) is 3.46. The highest BCUT2D eigenvalue weighted by Crippen LogP contribution is 2.29. The summed E-state index contributed by atoms with van der Waals surface area (Å²) in [6.07, 6.45) is -0.398. The van der Waals surface area contributed by atoms with Crippen molar-refractivity contribution in [3.05, 3.63) is 76.9 Å². The standard InChI is InChI=1S/C19H18O4/c1-13-8-10-15(11-9-13)18(14-6-4-3-5-7-14)16(12-17(20)21)19(22)23-2/h3-11H,12H2,1-2H3,(H,20,21)/b18-16-. The molecule has 0 aromatic heterocycles. The van der Waals surface area contributed by atoms with Gasteiger partial charge in [0.25, 0.3) is 0 Å². The minimum Gasteiger partial charge on any atom is -0.481 e. The van der Waals surface area contributed by atoms with Gasteiger partial charge in [-0.3, -0.25) is 4.79 Å². The fraction of sp³-hybridized carbons (Fsp3) is 0.158. The van der Waals surface area contributed by atoms with Crippen LogP contribution >= 0.6 is 0 Å². The number of methoxy groups -OCH3 is 1. The van der Waals surface area contributed by atoms with Gasteiger partial charge in [-0.05, 0) is 23.6 Å². The van der Waals surface area contributed by atoms with Crippen molar-refractivity contribution >= 4 is 17.5 Å². The van der Waals surface area contributed by atoms with Crippen molar-refractivity contribution in [3.8, 4) is 0 Å². The maximum atomic E-state index is 12.2. The van der Waals surface area contributed by atoms with Crippen molar-refractivity contribution in [3.63, 3.8) is 0 Å². The number of esters is 1. The molecule has 2 aromatic rings. The smallest absolute Gasteiger partial charge is 0.334 e. The van der Waals surface area contributed by atoms with Gasteiger partial charge in [0.1, 0.15) is 0 Å². The van der Waals surface area contributed by atoms with Gasteiger partial charge in [-0.1, -0.05) is 60.2 Å². The normalized spacial score (nSPS) is 11.6. The first-order valence-electron chi connectivity index (χ1n) is 7.18. The fourth-order valence-electron chi connectivity index (χ4n) is 2.38. The van der Waals surface area contributed by atoms with E-state index in [0.29, 0.717) is 5.57 Å². The molecule has 0 amide bonds. The van der Waals surface area contributed by atoms with Gasteiger partial charge in [-0.15, -0.1) is 0 Å². The van der Waals surface area contributed by atoms with Crippen LogP contribution in [0.15, 0.2) is 60.2 Å². The first-order valence-corrected chi connectivity index (χ1v) is 7.18. The molecule has 0 fully saturated rings. The number of carboxylic acid groups (broad SMARTS) is 1. The maximum absolute atomic E-state index is 12.2. The Bertz CT molecular complexity index is 728. The van der Waals surface area contributed by atoms with Gasteiger partial charge in [0.15, 0.2) is 0 Å². The lowest BCUT2D eigenvalue weighted by molar-refractivity contribution is -0.141. The van der Waals surface area contributed by atoms with Gasteiger partial charge in [-0.2, -0.15) is 0 Å². The van der Waals surface area contributed by atoms with Crippen LogP contribution in [-0.2, 0) is 14.3 Å². The number of ether oxygens (including phenoxy) is 1. The molecule has 0 radical (unpaired) electrons. The molecule has 0 atom stereocenters. The monoisotopic (exact) mass is 310 g/mol. The Morgan fingerprint density at radius 3 is 2.04 bits per heavy atom. The molecule has 0 aliphatic carbocycles. The molecule has 4 nitrogen and oxygen atoms in total. The number of benzene rings is 2. The van der Waals surface area contributed by atoms with Crippen LogP contribution in [0.25, 0.3) is 5.57 Å². The van der Waals surface area contributed by atoms with Crippen LogP contribution in [0.4, 0.5) is 0 Å². The van der Waals surface area contributed by atoms with Crippen LogP contribution in [0.3, 0.4) is 0 Å². The third-order valence-corrected chi connectivity index (χ3v) is 3.46. The molecule has 0 saturated carbocycles. The molecule has 0 spiro atoms. The van der Waals surface area contributed by atoms with Gasteiger partial charge in [0.05, 0.1) is 19.1 Å². The number of hydrogen-bond acceptors (Lipinski definition) is 3. The first kappa shape index (κ1) is 16.5. The summed E-state index contributed by atoms with van der Waals surface area (Å²) in [6.45, 7) is 1.97. The zero-order chi connectivity index (χ0) is 16.8. The number of carbonyl (C=O) groups excluding carboxylic acids is 1. The molecule has 23 heavy (non-hydrogen) atoms. The molecule has 2 aromatic carbocycles. The summed E-state index contributed by atoms with van der Waals surface area (Å²) in [5.41, 5.74) is 3.36. The van der Waals surface area contributed by atoms with E-state index in [0.717, 1.165) is 16.7 Å². The van der Waals surface area contributed by atoms with E-state index in [9.17, 15) is 14.7 Å². The number of aryl methyl sites for hydroxylation is 1. The molecule has 0 bridgehead atoms. The molecule has 2 rings (SSSR count). The van der Waals surface area contributed by atoms with Crippen LogP contribution < -0.4 is 0 Å². The minimum absolute atomic E-state index is 0.134. The number of carbonyl (C=O) groups is 2. The highest BCUT2D eigenvalue weighted by Gasteiger charge is 2.21. The second-order valence-corrected chi connectivity index (χ2v) is 5.15. The number of aliphatic carboxylic acids is 1. The van der Waals surface area contributed by atoms with Crippen molar-refractivity contribution in [2.45, 2.75) is 13.3 Å². The van der Waals surface area contributed by atoms with E-state index in [4.69, 9.17) is 4.74 Å². The third kappa shape index (κ3) is 4.07. The van der Waals surface area contributed by atoms with E-state index >= 15 is 0 Å². The molecule has 0 unspecified atom stereocenters. The van der Waals surface area contributed by atoms with Crippen LogP contribution in [0.5, 0.6) is 0 Å². The van der Waals surface area contributed by atoms with Gasteiger partial charge < -0.3 is 9.84 Å². The molecule has 118 valence electrons. The van der Waals surface area contributed by atoms with E-state index < -0.39 is 18.4 Å². The Kier molecular flexibility index (Phi) is 5.31. The lowest BCUT2D eigenvalue weighted by atomic mass is 9.91. The highest BCUT2D eigenvalue weighted by molar-refractivity contribution is 6.04. The van der Waals surface area contributed by atoms with Crippen molar-refractivity contribution < 1.29 is 19.4 Å². The summed E-state index contributed by atoms with van der Waals surface area (Å²) in [5, 5.41) is 9.17. The number of rotatable bonds is 5.